The second-order valence-corrected chi connectivity index (χ2v) is 9.56. The van der Waals surface area contributed by atoms with Crippen LogP contribution in [0.15, 0.2) is 63.4 Å². The standard InChI is InChI=1S/C22H21N5O2S2/c28-19(24-20-25-26-22(31-20)30-14-15-6-2-1-3-7-15)16-10-12-27(13-11-16)21-23-17-8-4-5-9-18(17)29-21/h1-9,16H,10-14H2,(H,24,25,28). The molecule has 7 nitrogen and oxygen atoms in total. The Balaban J connectivity index is 1.13. The van der Waals surface area contributed by atoms with Gasteiger partial charge in [0, 0.05) is 24.8 Å². The lowest BCUT2D eigenvalue weighted by molar-refractivity contribution is -0.120. The molecule has 4 aromatic rings. The minimum absolute atomic E-state index is 0.00738. The van der Waals surface area contributed by atoms with E-state index in [2.05, 4.69) is 37.5 Å². The average Bonchev–Trinajstić information content (AvgIpc) is 3.45. The molecule has 0 unspecified atom stereocenters. The Bertz CT molecular complexity index is 1140. The SMILES string of the molecule is O=C(Nc1nnc(SCc2ccccc2)s1)C1CCN(c2nc3ccccc3o2)CC1. The molecule has 1 aliphatic heterocycles. The van der Waals surface area contributed by atoms with E-state index in [1.807, 2.05) is 42.5 Å². The Hall–Kier alpha value is -2.91. The molecule has 9 heteroatoms. The summed E-state index contributed by atoms with van der Waals surface area (Å²) >= 11 is 3.04. The third-order valence-electron chi connectivity index (χ3n) is 5.26. The number of hydrogen-bond acceptors (Lipinski definition) is 8. The minimum atomic E-state index is -0.0510. The number of rotatable bonds is 6. The van der Waals surface area contributed by atoms with E-state index in [4.69, 9.17) is 4.42 Å². The van der Waals surface area contributed by atoms with Crippen molar-refractivity contribution in [2.45, 2.75) is 22.9 Å². The van der Waals surface area contributed by atoms with Crippen LogP contribution >= 0.6 is 23.1 Å². The van der Waals surface area contributed by atoms with Crippen molar-refractivity contribution in [3.8, 4) is 0 Å². The first-order chi connectivity index (χ1) is 15.2. The van der Waals surface area contributed by atoms with Crippen LogP contribution in [0.4, 0.5) is 11.1 Å². The molecule has 0 radical (unpaired) electrons. The van der Waals surface area contributed by atoms with Crippen LogP contribution in [-0.2, 0) is 10.5 Å². The zero-order valence-corrected chi connectivity index (χ0v) is 18.4. The van der Waals surface area contributed by atoms with E-state index in [1.165, 1.54) is 16.9 Å². The molecule has 1 aliphatic rings. The Kier molecular flexibility index (Phi) is 5.86. The van der Waals surface area contributed by atoms with Crippen LogP contribution in [0.2, 0.25) is 0 Å². The summed E-state index contributed by atoms with van der Waals surface area (Å²) in [6.45, 7) is 1.47. The fourth-order valence-corrected chi connectivity index (χ4v) is 5.28. The lowest BCUT2D eigenvalue weighted by atomic mass is 9.96. The molecule has 158 valence electrons. The smallest absolute Gasteiger partial charge is 0.298 e. The lowest BCUT2D eigenvalue weighted by Crippen LogP contribution is -2.38. The predicted molar refractivity (Wildman–Crippen MR) is 123 cm³/mol. The quantitative estimate of drug-likeness (QED) is 0.332. The van der Waals surface area contributed by atoms with Gasteiger partial charge in [-0.15, -0.1) is 10.2 Å². The number of nitrogens with one attached hydrogen (secondary N) is 1. The summed E-state index contributed by atoms with van der Waals surface area (Å²) < 4.78 is 6.70. The van der Waals surface area contributed by atoms with Crippen molar-refractivity contribution >= 4 is 51.3 Å². The molecular weight excluding hydrogens is 430 g/mol. The third kappa shape index (κ3) is 4.72. The summed E-state index contributed by atoms with van der Waals surface area (Å²) in [6.07, 6.45) is 1.50. The van der Waals surface area contributed by atoms with Gasteiger partial charge < -0.3 is 14.6 Å². The molecule has 1 saturated heterocycles. The Labute approximate surface area is 187 Å². The number of fused-ring (bicyclic) bond motifs is 1. The van der Waals surface area contributed by atoms with Crippen molar-refractivity contribution in [2.24, 2.45) is 5.92 Å². The Morgan fingerprint density at radius 2 is 1.87 bits per heavy atom. The molecule has 0 aliphatic carbocycles. The number of carbonyl (C=O) groups excluding carboxylic acids is 1. The van der Waals surface area contributed by atoms with Gasteiger partial charge in [0.05, 0.1) is 0 Å². The molecule has 1 N–H and O–H groups in total. The number of piperidine rings is 1. The fourth-order valence-electron chi connectivity index (χ4n) is 3.57. The zero-order chi connectivity index (χ0) is 21.0. The van der Waals surface area contributed by atoms with Gasteiger partial charge in [-0.25, -0.2) is 0 Å². The fraction of sp³-hybridized carbons (Fsp3) is 0.273. The first-order valence-corrected chi connectivity index (χ1v) is 12.0. The number of thioether (sulfide) groups is 1. The number of amides is 1. The van der Waals surface area contributed by atoms with Crippen LogP contribution in [-0.4, -0.2) is 34.2 Å². The van der Waals surface area contributed by atoms with E-state index in [0.29, 0.717) is 11.1 Å². The first kappa shape index (κ1) is 20.0. The normalized spacial score (nSPS) is 14.8. The van der Waals surface area contributed by atoms with Crippen molar-refractivity contribution in [1.29, 1.82) is 0 Å². The molecule has 0 spiro atoms. The van der Waals surface area contributed by atoms with Gasteiger partial charge in [-0.1, -0.05) is 65.6 Å². The van der Waals surface area contributed by atoms with E-state index < -0.39 is 0 Å². The molecule has 0 saturated carbocycles. The lowest BCUT2D eigenvalue weighted by Gasteiger charge is -2.29. The number of carbonyl (C=O) groups is 1. The molecule has 1 amide bonds. The van der Waals surface area contributed by atoms with Crippen molar-refractivity contribution in [1.82, 2.24) is 15.2 Å². The molecule has 0 atom stereocenters. The number of benzene rings is 2. The maximum Gasteiger partial charge on any atom is 0.298 e. The Morgan fingerprint density at radius 1 is 1.10 bits per heavy atom. The second-order valence-electron chi connectivity index (χ2n) is 7.36. The van der Waals surface area contributed by atoms with Gasteiger partial charge in [-0.3, -0.25) is 4.79 Å². The van der Waals surface area contributed by atoms with Gasteiger partial charge >= 0.3 is 0 Å². The number of aromatic nitrogens is 3. The van der Waals surface area contributed by atoms with Gasteiger partial charge in [0.25, 0.3) is 6.01 Å². The van der Waals surface area contributed by atoms with E-state index in [1.54, 1.807) is 11.8 Å². The van der Waals surface area contributed by atoms with Crippen LogP contribution in [0, 0.1) is 5.92 Å². The highest BCUT2D eigenvalue weighted by atomic mass is 32.2. The summed E-state index contributed by atoms with van der Waals surface area (Å²) in [5.41, 5.74) is 2.88. The summed E-state index contributed by atoms with van der Waals surface area (Å²) in [7, 11) is 0. The third-order valence-corrected chi connectivity index (χ3v) is 7.30. The van der Waals surface area contributed by atoms with Crippen LogP contribution in [0.25, 0.3) is 11.1 Å². The molecule has 0 bridgehead atoms. The number of oxazole rings is 1. The van der Waals surface area contributed by atoms with Gasteiger partial charge in [0.1, 0.15) is 5.52 Å². The molecule has 2 aromatic carbocycles. The predicted octanol–water partition coefficient (Wildman–Crippen LogP) is 4.83. The summed E-state index contributed by atoms with van der Waals surface area (Å²) in [6, 6.07) is 18.6. The number of para-hydroxylation sites is 2. The summed E-state index contributed by atoms with van der Waals surface area (Å²) in [5.74, 6) is 0.787. The highest BCUT2D eigenvalue weighted by Gasteiger charge is 2.28. The van der Waals surface area contributed by atoms with Crippen LogP contribution < -0.4 is 10.2 Å². The largest absolute Gasteiger partial charge is 0.423 e. The van der Waals surface area contributed by atoms with Crippen molar-refractivity contribution < 1.29 is 9.21 Å². The van der Waals surface area contributed by atoms with Crippen LogP contribution in [0.3, 0.4) is 0 Å². The maximum absolute atomic E-state index is 12.7. The van der Waals surface area contributed by atoms with Gasteiger partial charge in [-0.05, 0) is 30.5 Å². The van der Waals surface area contributed by atoms with Gasteiger partial charge in [0.15, 0.2) is 9.92 Å². The number of nitrogens with zero attached hydrogens (tertiary/aromatic N) is 4. The molecular formula is C22H21N5O2S2. The maximum atomic E-state index is 12.7. The first-order valence-electron chi connectivity index (χ1n) is 10.2. The van der Waals surface area contributed by atoms with E-state index in [0.717, 1.165) is 47.1 Å². The monoisotopic (exact) mass is 451 g/mol. The van der Waals surface area contributed by atoms with Gasteiger partial charge in [0.2, 0.25) is 11.0 Å². The van der Waals surface area contributed by atoms with E-state index >= 15 is 0 Å². The molecule has 2 aromatic heterocycles. The zero-order valence-electron chi connectivity index (χ0n) is 16.7. The molecule has 31 heavy (non-hydrogen) atoms. The van der Waals surface area contributed by atoms with Crippen molar-refractivity contribution in [2.75, 3.05) is 23.3 Å². The topological polar surface area (TPSA) is 84.2 Å². The molecule has 1 fully saturated rings. The van der Waals surface area contributed by atoms with E-state index in [-0.39, 0.29) is 11.8 Å². The average molecular weight is 452 g/mol. The van der Waals surface area contributed by atoms with Crippen molar-refractivity contribution in [3.63, 3.8) is 0 Å². The second kappa shape index (κ2) is 9.07. The van der Waals surface area contributed by atoms with Crippen molar-refractivity contribution in [3.05, 3.63) is 60.2 Å². The number of anilines is 2. The highest BCUT2D eigenvalue weighted by Crippen LogP contribution is 2.30. The van der Waals surface area contributed by atoms with Crippen LogP contribution in [0.5, 0.6) is 0 Å². The molecule has 3 heterocycles. The molecule has 5 rings (SSSR count). The minimum Gasteiger partial charge on any atom is -0.423 e. The Morgan fingerprint density at radius 3 is 2.68 bits per heavy atom. The summed E-state index contributed by atoms with van der Waals surface area (Å²) in [5, 5.41) is 11.8. The number of hydrogen-bond donors (Lipinski definition) is 1. The summed E-state index contributed by atoms with van der Waals surface area (Å²) in [4.78, 5) is 19.4. The highest BCUT2D eigenvalue weighted by molar-refractivity contribution is 8.00. The van der Waals surface area contributed by atoms with E-state index in [9.17, 15) is 4.79 Å². The van der Waals surface area contributed by atoms with Crippen LogP contribution in [0.1, 0.15) is 18.4 Å². The van der Waals surface area contributed by atoms with Gasteiger partial charge in [-0.2, -0.15) is 4.98 Å².